The van der Waals surface area contributed by atoms with Crippen molar-refractivity contribution in [2.24, 2.45) is 0 Å². The fourth-order valence-corrected chi connectivity index (χ4v) is 2.28. The van der Waals surface area contributed by atoms with Crippen LogP contribution >= 0.6 is 11.6 Å². The standard InChI is InChI=1S/C16H16ClFO/c1-10-3-4-11(2)14(7-10)16(19)8-12-5-6-13(17)9-15(12)18/h3-7,9,16,19H,8H2,1-2H3. The molecule has 100 valence electrons. The van der Waals surface area contributed by atoms with Crippen molar-refractivity contribution < 1.29 is 9.50 Å². The fourth-order valence-electron chi connectivity index (χ4n) is 2.12. The monoisotopic (exact) mass is 278 g/mol. The number of aliphatic hydroxyl groups is 1. The molecule has 3 heteroatoms. The lowest BCUT2D eigenvalue weighted by molar-refractivity contribution is 0.176. The molecule has 2 aromatic carbocycles. The molecule has 0 saturated carbocycles. The second-order valence-corrected chi connectivity index (χ2v) is 5.25. The van der Waals surface area contributed by atoms with Gasteiger partial charge in [-0.3, -0.25) is 0 Å². The Labute approximate surface area is 117 Å². The fraction of sp³-hybridized carbons (Fsp3) is 0.250. The second-order valence-electron chi connectivity index (χ2n) is 4.82. The highest BCUT2D eigenvalue weighted by Gasteiger charge is 2.14. The molecule has 0 aliphatic heterocycles. The molecule has 0 spiro atoms. The zero-order valence-electron chi connectivity index (χ0n) is 11.0. The van der Waals surface area contributed by atoms with Crippen molar-refractivity contribution in [1.82, 2.24) is 0 Å². The first-order valence-corrected chi connectivity index (χ1v) is 6.54. The van der Waals surface area contributed by atoms with Crippen molar-refractivity contribution in [2.75, 3.05) is 0 Å². The zero-order chi connectivity index (χ0) is 14.0. The second kappa shape index (κ2) is 5.72. The average Bonchev–Trinajstić information content (AvgIpc) is 2.35. The van der Waals surface area contributed by atoms with E-state index >= 15 is 0 Å². The molecule has 0 radical (unpaired) electrons. The maximum atomic E-state index is 13.7. The third kappa shape index (κ3) is 3.34. The van der Waals surface area contributed by atoms with Crippen molar-refractivity contribution >= 4 is 11.6 Å². The number of halogens is 2. The molecule has 1 atom stereocenters. The summed E-state index contributed by atoms with van der Waals surface area (Å²) in [6, 6.07) is 10.4. The summed E-state index contributed by atoms with van der Waals surface area (Å²) in [5, 5.41) is 10.6. The van der Waals surface area contributed by atoms with Gasteiger partial charge >= 0.3 is 0 Å². The number of aryl methyl sites for hydroxylation is 2. The summed E-state index contributed by atoms with van der Waals surface area (Å²) in [5.41, 5.74) is 3.40. The van der Waals surface area contributed by atoms with E-state index in [9.17, 15) is 9.50 Å². The van der Waals surface area contributed by atoms with E-state index < -0.39 is 6.10 Å². The predicted octanol–water partition coefficient (Wildman–Crippen LogP) is 4.37. The largest absolute Gasteiger partial charge is 0.388 e. The van der Waals surface area contributed by atoms with E-state index in [1.54, 1.807) is 12.1 Å². The Morgan fingerprint density at radius 2 is 1.89 bits per heavy atom. The van der Waals surface area contributed by atoms with E-state index in [0.717, 1.165) is 16.7 Å². The van der Waals surface area contributed by atoms with Crippen LogP contribution < -0.4 is 0 Å². The van der Waals surface area contributed by atoms with Crippen LogP contribution in [0.15, 0.2) is 36.4 Å². The molecule has 0 saturated heterocycles. The number of hydrogen-bond acceptors (Lipinski definition) is 1. The minimum atomic E-state index is -0.712. The number of hydrogen-bond donors (Lipinski definition) is 1. The van der Waals surface area contributed by atoms with Crippen molar-refractivity contribution in [1.29, 1.82) is 0 Å². The normalized spacial score (nSPS) is 12.5. The van der Waals surface area contributed by atoms with Gasteiger partial charge in [0.15, 0.2) is 0 Å². The van der Waals surface area contributed by atoms with Crippen LogP contribution in [0.25, 0.3) is 0 Å². The highest BCUT2D eigenvalue weighted by atomic mass is 35.5. The lowest BCUT2D eigenvalue weighted by atomic mass is 9.96. The molecule has 0 aromatic heterocycles. The van der Waals surface area contributed by atoms with E-state index in [1.807, 2.05) is 32.0 Å². The lowest BCUT2D eigenvalue weighted by Gasteiger charge is -2.15. The molecule has 0 aliphatic carbocycles. The summed E-state index contributed by atoms with van der Waals surface area (Å²) >= 11 is 5.71. The first-order chi connectivity index (χ1) is 8.97. The summed E-state index contributed by atoms with van der Waals surface area (Å²) in [6.07, 6.45) is -0.469. The molecule has 2 rings (SSSR count). The van der Waals surface area contributed by atoms with Crippen LogP contribution in [-0.4, -0.2) is 5.11 Å². The predicted molar refractivity (Wildman–Crippen MR) is 76.0 cm³/mol. The Morgan fingerprint density at radius 1 is 1.16 bits per heavy atom. The van der Waals surface area contributed by atoms with Crippen LogP contribution in [0, 0.1) is 19.7 Å². The summed E-state index contributed by atoms with van der Waals surface area (Å²) in [6.45, 7) is 3.91. The van der Waals surface area contributed by atoms with Gasteiger partial charge in [0, 0.05) is 11.4 Å². The highest BCUT2D eigenvalue weighted by Crippen LogP contribution is 2.25. The Bertz CT molecular complexity index is 595. The van der Waals surface area contributed by atoms with Gasteiger partial charge in [-0.2, -0.15) is 0 Å². The molecule has 1 nitrogen and oxygen atoms in total. The molecule has 1 N–H and O–H groups in total. The van der Waals surface area contributed by atoms with E-state index in [1.165, 1.54) is 6.07 Å². The van der Waals surface area contributed by atoms with Gasteiger partial charge in [0.25, 0.3) is 0 Å². The third-order valence-corrected chi connectivity index (χ3v) is 3.46. The lowest BCUT2D eigenvalue weighted by Crippen LogP contribution is -2.05. The van der Waals surface area contributed by atoms with Gasteiger partial charge in [0.1, 0.15) is 5.82 Å². The Balaban J connectivity index is 2.25. The molecule has 0 fully saturated rings. The molecule has 2 aromatic rings. The minimum absolute atomic E-state index is 0.243. The van der Waals surface area contributed by atoms with Crippen LogP contribution in [0.1, 0.15) is 28.4 Å². The van der Waals surface area contributed by atoms with Crippen LogP contribution in [0.2, 0.25) is 5.02 Å². The summed E-state index contributed by atoms with van der Waals surface area (Å²) in [7, 11) is 0. The maximum Gasteiger partial charge on any atom is 0.127 e. The molecule has 0 amide bonds. The Morgan fingerprint density at radius 3 is 2.58 bits per heavy atom. The minimum Gasteiger partial charge on any atom is -0.388 e. The van der Waals surface area contributed by atoms with Crippen molar-refractivity contribution in [3.05, 3.63) is 69.5 Å². The first-order valence-electron chi connectivity index (χ1n) is 6.16. The van der Waals surface area contributed by atoms with E-state index in [-0.39, 0.29) is 12.2 Å². The zero-order valence-corrected chi connectivity index (χ0v) is 11.7. The summed E-state index contributed by atoms with van der Waals surface area (Å²) in [5.74, 6) is -0.378. The SMILES string of the molecule is Cc1ccc(C)c(C(O)Cc2ccc(Cl)cc2F)c1. The van der Waals surface area contributed by atoms with Gasteiger partial charge in [-0.1, -0.05) is 41.4 Å². The van der Waals surface area contributed by atoms with Crippen LogP contribution in [0.5, 0.6) is 0 Å². The number of aliphatic hydroxyl groups excluding tert-OH is 1. The summed E-state index contributed by atoms with van der Waals surface area (Å²) in [4.78, 5) is 0. The van der Waals surface area contributed by atoms with Crippen LogP contribution in [-0.2, 0) is 6.42 Å². The van der Waals surface area contributed by atoms with Gasteiger partial charge < -0.3 is 5.11 Å². The van der Waals surface area contributed by atoms with Crippen molar-refractivity contribution in [2.45, 2.75) is 26.4 Å². The molecule has 19 heavy (non-hydrogen) atoms. The van der Waals surface area contributed by atoms with Gasteiger partial charge in [-0.15, -0.1) is 0 Å². The maximum absolute atomic E-state index is 13.7. The highest BCUT2D eigenvalue weighted by molar-refractivity contribution is 6.30. The van der Waals surface area contributed by atoms with E-state index in [0.29, 0.717) is 10.6 Å². The topological polar surface area (TPSA) is 20.2 Å². The number of rotatable bonds is 3. The molecule has 1 unspecified atom stereocenters. The quantitative estimate of drug-likeness (QED) is 0.884. The number of benzene rings is 2. The Kier molecular flexibility index (Phi) is 4.23. The van der Waals surface area contributed by atoms with E-state index in [2.05, 4.69) is 0 Å². The molecular weight excluding hydrogens is 263 g/mol. The third-order valence-electron chi connectivity index (χ3n) is 3.22. The van der Waals surface area contributed by atoms with Crippen molar-refractivity contribution in [3.63, 3.8) is 0 Å². The van der Waals surface area contributed by atoms with Gasteiger partial charge in [-0.05, 0) is 42.7 Å². The van der Waals surface area contributed by atoms with Crippen LogP contribution in [0.3, 0.4) is 0 Å². The molecule has 0 heterocycles. The van der Waals surface area contributed by atoms with E-state index in [4.69, 9.17) is 11.6 Å². The first kappa shape index (κ1) is 14.0. The molecular formula is C16H16ClFO. The summed E-state index contributed by atoms with van der Waals surface area (Å²) < 4.78 is 13.7. The average molecular weight is 279 g/mol. The van der Waals surface area contributed by atoms with Gasteiger partial charge in [-0.25, -0.2) is 4.39 Å². The smallest absolute Gasteiger partial charge is 0.127 e. The van der Waals surface area contributed by atoms with Gasteiger partial charge in [0.2, 0.25) is 0 Å². The molecule has 0 aliphatic rings. The van der Waals surface area contributed by atoms with Gasteiger partial charge in [0.05, 0.1) is 6.10 Å². The van der Waals surface area contributed by atoms with Crippen molar-refractivity contribution in [3.8, 4) is 0 Å². The van der Waals surface area contributed by atoms with Crippen LogP contribution in [0.4, 0.5) is 4.39 Å². The molecule has 0 bridgehead atoms. The Hall–Kier alpha value is -1.38.